The fourth-order valence-electron chi connectivity index (χ4n) is 4.29. The van der Waals surface area contributed by atoms with Crippen molar-refractivity contribution < 1.29 is 0 Å². The first kappa shape index (κ1) is 20.3. The third-order valence-electron chi connectivity index (χ3n) is 5.94. The zero-order valence-electron chi connectivity index (χ0n) is 17.6. The van der Waals surface area contributed by atoms with E-state index in [4.69, 9.17) is 21.8 Å². The number of rotatable bonds is 4. The van der Waals surface area contributed by atoms with Crippen molar-refractivity contribution in [2.24, 2.45) is 0 Å². The largest absolute Gasteiger partial charge is 0.366 e. The molecule has 5 rings (SSSR count). The van der Waals surface area contributed by atoms with Gasteiger partial charge >= 0.3 is 0 Å². The van der Waals surface area contributed by atoms with Crippen LogP contribution < -0.4 is 9.80 Å². The van der Waals surface area contributed by atoms with Crippen molar-refractivity contribution in [3.05, 3.63) is 94.9 Å². The molecule has 1 saturated heterocycles. The summed E-state index contributed by atoms with van der Waals surface area (Å²) in [4.78, 5) is 14.0. The quantitative estimate of drug-likeness (QED) is 0.444. The predicted molar refractivity (Wildman–Crippen MR) is 129 cm³/mol. The summed E-state index contributed by atoms with van der Waals surface area (Å²) in [6.45, 7) is 3.52. The van der Waals surface area contributed by atoms with Gasteiger partial charge in [0.15, 0.2) is 0 Å². The van der Waals surface area contributed by atoms with Crippen LogP contribution in [-0.4, -0.2) is 36.1 Å². The van der Waals surface area contributed by atoms with E-state index in [2.05, 4.69) is 51.2 Å². The number of benzene rings is 2. The normalized spacial score (nSPS) is 13.9. The molecule has 0 aliphatic carbocycles. The minimum Gasteiger partial charge on any atom is -0.366 e. The van der Waals surface area contributed by atoms with Crippen LogP contribution >= 0.6 is 11.6 Å². The average Bonchev–Trinajstić information content (AvgIpc) is 2.85. The van der Waals surface area contributed by atoms with Crippen LogP contribution in [0.4, 0.5) is 11.5 Å². The predicted octanol–water partition coefficient (Wildman–Crippen LogP) is 5.07. The highest BCUT2D eigenvalue weighted by Gasteiger charge is 2.21. The van der Waals surface area contributed by atoms with Gasteiger partial charge in [-0.3, -0.25) is 4.98 Å². The van der Waals surface area contributed by atoms with E-state index in [0.717, 1.165) is 54.7 Å². The van der Waals surface area contributed by atoms with Crippen LogP contribution in [0.5, 0.6) is 0 Å². The molecule has 0 unspecified atom stereocenters. The van der Waals surface area contributed by atoms with Gasteiger partial charge in [-0.25, -0.2) is 4.98 Å². The minimum absolute atomic E-state index is 0.586. The summed E-state index contributed by atoms with van der Waals surface area (Å²) >= 11 is 6.18. The number of hydrogen-bond acceptors (Lipinski definition) is 5. The smallest absolute Gasteiger partial charge is 0.128 e. The monoisotopic (exact) mass is 439 g/mol. The van der Waals surface area contributed by atoms with Crippen LogP contribution in [0.1, 0.15) is 16.8 Å². The number of halogens is 1. The maximum absolute atomic E-state index is 8.98. The fourth-order valence-corrected chi connectivity index (χ4v) is 4.50. The molecule has 0 N–H and O–H groups in total. The molecular formula is C26H22ClN5. The molecule has 0 saturated carbocycles. The molecule has 0 amide bonds. The number of nitriles is 1. The number of piperazine rings is 1. The molecule has 0 spiro atoms. The van der Waals surface area contributed by atoms with Crippen molar-refractivity contribution >= 4 is 33.9 Å². The van der Waals surface area contributed by atoms with E-state index >= 15 is 0 Å². The standard InChI is InChI=1S/C26H22ClN5/c27-21-5-3-4-19(14-21)15-24-22-6-1-2-7-23(22)25(18-29-24)31-10-12-32(13-11-31)26-9-8-20(16-28)17-30-26/h1-9,14,17-18H,10-13,15H2. The maximum Gasteiger partial charge on any atom is 0.128 e. The molecule has 158 valence electrons. The van der Waals surface area contributed by atoms with Gasteiger partial charge in [-0.05, 0) is 29.8 Å². The SMILES string of the molecule is N#Cc1ccc(N2CCN(c3cnc(Cc4cccc(Cl)c4)c4ccccc34)CC2)nc1. The first-order valence-corrected chi connectivity index (χ1v) is 11.1. The van der Waals surface area contributed by atoms with Crippen LogP contribution in [0.3, 0.4) is 0 Å². The van der Waals surface area contributed by atoms with E-state index in [1.165, 1.54) is 16.5 Å². The number of anilines is 2. The molecule has 1 fully saturated rings. The average molecular weight is 440 g/mol. The van der Waals surface area contributed by atoms with Gasteiger partial charge < -0.3 is 9.80 Å². The van der Waals surface area contributed by atoms with Gasteiger partial charge in [0.25, 0.3) is 0 Å². The summed E-state index contributed by atoms with van der Waals surface area (Å²) in [7, 11) is 0. The van der Waals surface area contributed by atoms with Crippen molar-refractivity contribution in [1.82, 2.24) is 9.97 Å². The first-order chi connectivity index (χ1) is 15.7. The molecule has 2 aromatic carbocycles. The molecule has 1 aliphatic heterocycles. The molecule has 32 heavy (non-hydrogen) atoms. The molecule has 0 bridgehead atoms. The van der Waals surface area contributed by atoms with Crippen molar-refractivity contribution in [1.29, 1.82) is 5.26 Å². The van der Waals surface area contributed by atoms with Crippen LogP contribution in [-0.2, 0) is 6.42 Å². The third kappa shape index (κ3) is 4.10. The Morgan fingerprint density at radius 1 is 0.844 bits per heavy atom. The number of nitrogens with zero attached hydrogens (tertiary/aromatic N) is 5. The molecule has 6 heteroatoms. The lowest BCUT2D eigenvalue weighted by Gasteiger charge is -2.37. The molecular weight excluding hydrogens is 418 g/mol. The van der Waals surface area contributed by atoms with Gasteiger partial charge in [0, 0.05) is 54.6 Å². The van der Waals surface area contributed by atoms with Gasteiger partial charge in [-0.2, -0.15) is 5.26 Å². The third-order valence-corrected chi connectivity index (χ3v) is 6.17. The molecule has 3 heterocycles. The van der Waals surface area contributed by atoms with E-state index in [1.807, 2.05) is 36.5 Å². The zero-order valence-corrected chi connectivity index (χ0v) is 18.3. The van der Waals surface area contributed by atoms with Crippen molar-refractivity contribution in [3.63, 3.8) is 0 Å². The van der Waals surface area contributed by atoms with Crippen LogP contribution in [0.15, 0.2) is 73.1 Å². The lowest BCUT2D eigenvalue weighted by Crippen LogP contribution is -2.47. The summed E-state index contributed by atoms with van der Waals surface area (Å²) in [6, 6.07) is 22.3. The second kappa shape index (κ2) is 8.86. The van der Waals surface area contributed by atoms with E-state index in [-0.39, 0.29) is 0 Å². The summed E-state index contributed by atoms with van der Waals surface area (Å²) in [6.07, 6.45) is 4.40. The van der Waals surface area contributed by atoms with Crippen molar-refractivity contribution in [3.8, 4) is 6.07 Å². The van der Waals surface area contributed by atoms with Gasteiger partial charge in [0.05, 0.1) is 23.1 Å². The number of fused-ring (bicyclic) bond motifs is 1. The van der Waals surface area contributed by atoms with E-state index in [1.54, 1.807) is 6.20 Å². The minimum atomic E-state index is 0.586. The number of hydrogen-bond donors (Lipinski definition) is 0. The summed E-state index contributed by atoms with van der Waals surface area (Å²) in [5.41, 5.74) is 3.98. The Kier molecular flexibility index (Phi) is 5.62. The topological polar surface area (TPSA) is 56.1 Å². The van der Waals surface area contributed by atoms with E-state index in [0.29, 0.717) is 5.56 Å². The highest BCUT2D eigenvalue weighted by molar-refractivity contribution is 6.30. The van der Waals surface area contributed by atoms with Gasteiger partial charge in [0.1, 0.15) is 11.9 Å². The Hall–Kier alpha value is -3.62. The Balaban J connectivity index is 1.37. The summed E-state index contributed by atoms with van der Waals surface area (Å²) in [5, 5.41) is 12.1. The van der Waals surface area contributed by atoms with E-state index in [9.17, 15) is 0 Å². The molecule has 4 aromatic rings. The zero-order chi connectivity index (χ0) is 21.9. The Morgan fingerprint density at radius 2 is 1.62 bits per heavy atom. The fraction of sp³-hybridized carbons (Fsp3) is 0.192. The molecule has 5 nitrogen and oxygen atoms in total. The first-order valence-electron chi connectivity index (χ1n) is 10.7. The molecule has 0 radical (unpaired) electrons. The Bertz CT molecular complexity index is 1290. The number of aromatic nitrogens is 2. The lowest BCUT2D eigenvalue weighted by atomic mass is 10.0. The summed E-state index contributed by atoms with van der Waals surface area (Å²) < 4.78 is 0. The lowest BCUT2D eigenvalue weighted by molar-refractivity contribution is 0.648. The van der Waals surface area contributed by atoms with Crippen LogP contribution in [0.25, 0.3) is 10.8 Å². The molecule has 1 aliphatic rings. The highest BCUT2D eigenvalue weighted by atomic mass is 35.5. The molecule has 2 aromatic heterocycles. The molecule has 0 atom stereocenters. The van der Waals surface area contributed by atoms with Gasteiger partial charge in [-0.15, -0.1) is 0 Å². The Labute approximate surface area is 192 Å². The second-order valence-electron chi connectivity index (χ2n) is 7.93. The maximum atomic E-state index is 8.98. The van der Waals surface area contributed by atoms with Gasteiger partial charge in [-0.1, -0.05) is 48.0 Å². The second-order valence-corrected chi connectivity index (χ2v) is 8.37. The number of pyridine rings is 2. The Morgan fingerprint density at radius 3 is 2.34 bits per heavy atom. The van der Waals surface area contributed by atoms with Crippen LogP contribution in [0, 0.1) is 11.3 Å². The van der Waals surface area contributed by atoms with Crippen molar-refractivity contribution in [2.75, 3.05) is 36.0 Å². The summed E-state index contributed by atoms with van der Waals surface area (Å²) in [5.74, 6) is 0.920. The van der Waals surface area contributed by atoms with E-state index < -0.39 is 0 Å². The van der Waals surface area contributed by atoms with Gasteiger partial charge in [0.2, 0.25) is 0 Å². The van der Waals surface area contributed by atoms with Crippen molar-refractivity contribution in [2.45, 2.75) is 6.42 Å². The highest BCUT2D eigenvalue weighted by Crippen LogP contribution is 2.30. The van der Waals surface area contributed by atoms with Crippen LogP contribution in [0.2, 0.25) is 5.02 Å².